The van der Waals surface area contributed by atoms with Gasteiger partial charge >= 0.3 is 11.9 Å². The molecule has 2 aromatic carbocycles. The van der Waals surface area contributed by atoms with Crippen LogP contribution in [0.4, 0.5) is 9.52 Å². The lowest BCUT2D eigenvalue weighted by atomic mass is 9.95. The number of carbonyl (C=O) groups excluding carboxylic acids is 3. The minimum Gasteiger partial charge on any atom is -0.507 e. The summed E-state index contributed by atoms with van der Waals surface area (Å²) in [6, 6.07) is 8.59. The van der Waals surface area contributed by atoms with Gasteiger partial charge in [0.1, 0.15) is 23.1 Å². The molecule has 0 bridgehead atoms. The molecule has 1 N–H and O–H groups in total. The van der Waals surface area contributed by atoms with Gasteiger partial charge in [0, 0.05) is 5.56 Å². The number of hydrogen-bond donors (Lipinski definition) is 1. The van der Waals surface area contributed by atoms with Gasteiger partial charge in [-0.05, 0) is 62.7 Å². The number of esters is 1. The first kappa shape index (κ1) is 28.5. The van der Waals surface area contributed by atoms with E-state index in [0.29, 0.717) is 29.4 Å². The van der Waals surface area contributed by atoms with Crippen LogP contribution in [-0.4, -0.2) is 47.6 Å². The predicted octanol–water partition coefficient (Wildman–Crippen LogP) is 5.36. The third-order valence-corrected chi connectivity index (χ3v) is 7.09. The highest BCUT2D eigenvalue weighted by Crippen LogP contribution is 2.45. The highest BCUT2D eigenvalue weighted by molar-refractivity contribution is 7.17. The van der Waals surface area contributed by atoms with E-state index in [1.165, 1.54) is 12.1 Å². The zero-order valence-electron chi connectivity index (χ0n) is 22.1. The smallest absolute Gasteiger partial charge is 0.350 e. The average Bonchev–Trinajstić information content (AvgIpc) is 3.44. The first-order valence-electron chi connectivity index (χ1n) is 12.4. The topological polar surface area (TPSA) is 115 Å². The highest BCUT2D eigenvalue weighted by Gasteiger charge is 2.48. The number of halogens is 1. The van der Waals surface area contributed by atoms with Crippen LogP contribution in [0.3, 0.4) is 0 Å². The van der Waals surface area contributed by atoms with Crippen molar-refractivity contribution in [3.63, 3.8) is 0 Å². The second-order valence-corrected chi connectivity index (χ2v) is 9.52. The van der Waals surface area contributed by atoms with E-state index in [1.54, 1.807) is 45.0 Å². The summed E-state index contributed by atoms with van der Waals surface area (Å²) in [6.07, 6.45) is 1.58. The van der Waals surface area contributed by atoms with Crippen LogP contribution in [0, 0.1) is 12.7 Å². The van der Waals surface area contributed by atoms with Crippen LogP contribution in [0.15, 0.2) is 60.7 Å². The molecular formula is C29H27FN2O7S. The largest absolute Gasteiger partial charge is 0.507 e. The molecule has 4 rings (SSSR count). The minimum atomic E-state index is -1.15. The lowest BCUT2D eigenvalue weighted by Crippen LogP contribution is -2.29. The third-order valence-electron chi connectivity index (χ3n) is 5.95. The first-order chi connectivity index (χ1) is 19.2. The second kappa shape index (κ2) is 12.1. The van der Waals surface area contributed by atoms with E-state index in [-0.39, 0.29) is 34.4 Å². The molecule has 1 aliphatic rings. The molecule has 0 aliphatic carbocycles. The van der Waals surface area contributed by atoms with Crippen molar-refractivity contribution in [1.29, 1.82) is 0 Å². The molecule has 208 valence electrons. The maximum absolute atomic E-state index is 13.6. The van der Waals surface area contributed by atoms with Gasteiger partial charge in [-0.1, -0.05) is 30.1 Å². The summed E-state index contributed by atoms with van der Waals surface area (Å²) in [5.41, 5.74) is 0.635. The molecule has 11 heteroatoms. The lowest BCUT2D eigenvalue weighted by molar-refractivity contribution is -0.132. The zero-order valence-corrected chi connectivity index (χ0v) is 22.9. The van der Waals surface area contributed by atoms with Gasteiger partial charge in [0.05, 0.1) is 30.5 Å². The van der Waals surface area contributed by atoms with Gasteiger partial charge in [-0.25, -0.2) is 14.2 Å². The number of rotatable bonds is 10. The summed E-state index contributed by atoms with van der Waals surface area (Å²) in [7, 11) is 0. The van der Waals surface area contributed by atoms with Gasteiger partial charge in [-0.15, -0.1) is 0 Å². The number of amides is 1. The number of carbonyl (C=O) groups is 3. The Morgan fingerprint density at radius 2 is 1.85 bits per heavy atom. The molecule has 9 nitrogen and oxygen atoms in total. The SMILES string of the molecule is C=CCOc1ccc(C2C(=C(O)c3ccc(F)cc3)C(=O)C(=O)N2c2nc(C)c(C(=O)OCC)s2)cc1OCC. The molecule has 1 fully saturated rings. The van der Waals surface area contributed by atoms with Crippen molar-refractivity contribution in [3.05, 3.63) is 88.2 Å². The van der Waals surface area contributed by atoms with Crippen molar-refractivity contribution in [2.24, 2.45) is 0 Å². The Kier molecular flexibility index (Phi) is 8.64. The second-order valence-electron chi connectivity index (χ2n) is 8.55. The summed E-state index contributed by atoms with van der Waals surface area (Å²) >= 11 is 0.896. The fourth-order valence-electron chi connectivity index (χ4n) is 4.21. The number of ketones is 1. The number of aliphatic hydroxyl groups excluding tert-OH is 1. The fourth-order valence-corrected chi connectivity index (χ4v) is 5.20. The zero-order chi connectivity index (χ0) is 29.0. The van der Waals surface area contributed by atoms with Crippen molar-refractivity contribution >= 4 is 39.9 Å². The Labute approximate surface area is 234 Å². The summed E-state index contributed by atoms with van der Waals surface area (Å²) in [5.74, 6) is -2.80. The Hall–Kier alpha value is -4.51. The molecule has 1 atom stereocenters. The van der Waals surface area contributed by atoms with Crippen molar-refractivity contribution in [2.75, 3.05) is 24.7 Å². The standard InChI is InChI=1S/C29H27FN2O7S/c1-5-14-39-20-13-10-18(15-21(20)37-6-2)23-22(24(33)17-8-11-19(30)12-9-17)25(34)27(35)32(23)29-31-16(4)26(40-29)28(36)38-7-3/h5,8-13,15,23,33H,1,6-7,14H2,2-4H3. The molecule has 0 spiro atoms. The molecule has 1 saturated heterocycles. The summed E-state index contributed by atoms with van der Waals surface area (Å²) in [5, 5.41) is 11.3. The van der Waals surface area contributed by atoms with E-state index in [4.69, 9.17) is 14.2 Å². The van der Waals surface area contributed by atoms with E-state index in [9.17, 15) is 23.9 Å². The molecule has 0 radical (unpaired) electrons. The Bertz CT molecular complexity index is 1500. The number of nitrogens with zero attached hydrogens (tertiary/aromatic N) is 2. The van der Waals surface area contributed by atoms with Crippen LogP contribution >= 0.6 is 11.3 Å². The van der Waals surface area contributed by atoms with Crippen LogP contribution in [-0.2, 0) is 14.3 Å². The van der Waals surface area contributed by atoms with E-state index >= 15 is 0 Å². The van der Waals surface area contributed by atoms with E-state index in [2.05, 4.69) is 11.6 Å². The predicted molar refractivity (Wildman–Crippen MR) is 147 cm³/mol. The van der Waals surface area contributed by atoms with Gasteiger partial charge < -0.3 is 19.3 Å². The number of aryl methyl sites for hydroxylation is 1. The van der Waals surface area contributed by atoms with Gasteiger partial charge in [-0.3, -0.25) is 14.5 Å². The maximum atomic E-state index is 13.6. The number of ether oxygens (including phenoxy) is 3. The monoisotopic (exact) mass is 566 g/mol. The lowest BCUT2D eigenvalue weighted by Gasteiger charge is -2.24. The summed E-state index contributed by atoms with van der Waals surface area (Å²) in [4.78, 5) is 45.1. The maximum Gasteiger partial charge on any atom is 0.350 e. The summed E-state index contributed by atoms with van der Waals surface area (Å²) in [6.45, 7) is 9.37. The van der Waals surface area contributed by atoms with E-state index in [0.717, 1.165) is 28.4 Å². The number of anilines is 1. The fraction of sp³-hybridized carbons (Fsp3) is 0.241. The molecule has 1 aromatic heterocycles. The molecule has 3 aromatic rings. The van der Waals surface area contributed by atoms with Gasteiger partial charge in [-0.2, -0.15) is 0 Å². The number of aromatic nitrogens is 1. The van der Waals surface area contributed by atoms with Crippen molar-refractivity contribution in [3.8, 4) is 11.5 Å². The number of thiazole rings is 1. The average molecular weight is 567 g/mol. The quantitative estimate of drug-likeness (QED) is 0.115. The summed E-state index contributed by atoms with van der Waals surface area (Å²) < 4.78 is 30.1. The van der Waals surface area contributed by atoms with Crippen LogP contribution in [0.1, 0.15) is 46.4 Å². The molecule has 1 aliphatic heterocycles. The van der Waals surface area contributed by atoms with Crippen LogP contribution in [0.25, 0.3) is 5.76 Å². The molecule has 1 unspecified atom stereocenters. The number of Topliss-reactive ketones (excluding diaryl/α,β-unsaturated/α-hetero) is 1. The van der Waals surface area contributed by atoms with Gasteiger partial charge in [0.25, 0.3) is 5.78 Å². The van der Waals surface area contributed by atoms with Crippen LogP contribution < -0.4 is 14.4 Å². The van der Waals surface area contributed by atoms with Crippen LogP contribution in [0.2, 0.25) is 0 Å². The number of benzene rings is 2. The van der Waals surface area contributed by atoms with Crippen molar-refractivity contribution in [2.45, 2.75) is 26.8 Å². The first-order valence-corrected chi connectivity index (χ1v) is 13.2. The molecule has 1 amide bonds. The number of hydrogen-bond acceptors (Lipinski definition) is 9. The van der Waals surface area contributed by atoms with Gasteiger partial charge in [0.2, 0.25) is 0 Å². The molecule has 0 saturated carbocycles. The van der Waals surface area contributed by atoms with Crippen LogP contribution in [0.5, 0.6) is 11.5 Å². The molecule has 2 heterocycles. The third kappa shape index (κ3) is 5.46. The Morgan fingerprint density at radius 1 is 1.12 bits per heavy atom. The van der Waals surface area contributed by atoms with E-state index in [1.807, 2.05) is 0 Å². The Balaban J connectivity index is 1.93. The normalized spacial score (nSPS) is 16.2. The van der Waals surface area contributed by atoms with Crippen molar-refractivity contribution in [1.82, 2.24) is 4.98 Å². The minimum absolute atomic E-state index is 0.0655. The molecule has 40 heavy (non-hydrogen) atoms. The highest BCUT2D eigenvalue weighted by atomic mass is 32.1. The molecular weight excluding hydrogens is 539 g/mol. The van der Waals surface area contributed by atoms with Gasteiger partial charge in [0.15, 0.2) is 16.6 Å². The number of aliphatic hydroxyl groups is 1. The van der Waals surface area contributed by atoms with Crippen molar-refractivity contribution < 1.29 is 38.1 Å². The Morgan fingerprint density at radius 3 is 2.50 bits per heavy atom. The van der Waals surface area contributed by atoms with E-state index < -0.39 is 35.3 Å².